The van der Waals surface area contributed by atoms with E-state index in [4.69, 9.17) is 4.74 Å². The van der Waals surface area contributed by atoms with Crippen LogP contribution in [0.3, 0.4) is 0 Å². The molecule has 1 saturated heterocycles. The van der Waals surface area contributed by atoms with Gasteiger partial charge < -0.3 is 15.4 Å². The van der Waals surface area contributed by atoms with Gasteiger partial charge in [0.05, 0.1) is 12.5 Å². The zero-order valence-electron chi connectivity index (χ0n) is 11.5. The van der Waals surface area contributed by atoms with Gasteiger partial charge in [-0.15, -0.1) is 0 Å². The first-order chi connectivity index (χ1) is 9.22. The number of methoxy groups -OCH3 is 1. The number of nitrogens with zero attached hydrogens (tertiary/aromatic N) is 1. The second kappa shape index (κ2) is 6.02. The highest BCUT2D eigenvalue weighted by atomic mass is 16.5. The number of carbonyl (C=O) groups is 1. The molecule has 0 radical (unpaired) electrons. The van der Waals surface area contributed by atoms with Crippen LogP contribution in [-0.4, -0.2) is 31.1 Å². The van der Waals surface area contributed by atoms with Crippen LogP contribution in [0.2, 0.25) is 0 Å². The van der Waals surface area contributed by atoms with Crippen LogP contribution in [0.25, 0.3) is 0 Å². The average Bonchev–Trinajstić information content (AvgIpc) is 2.48. The van der Waals surface area contributed by atoms with Crippen LogP contribution in [-0.2, 0) is 4.79 Å². The SMILES string of the molecule is CCC1(C(=O)Nc2cccnc2OC)CCCNC1. The van der Waals surface area contributed by atoms with Crippen LogP contribution in [0.15, 0.2) is 18.3 Å². The highest BCUT2D eigenvalue weighted by molar-refractivity contribution is 5.96. The van der Waals surface area contributed by atoms with Gasteiger partial charge in [0.15, 0.2) is 0 Å². The van der Waals surface area contributed by atoms with Crippen molar-refractivity contribution >= 4 is 11.6 Å². The molecule has 0 bridgehead atoms. The molecular formula is C14H21N3O2. The van der Waals surface area contributed by atoms with E-state index in [1.165, 1.54) is 0 Å². The number of piperidine rings is 1. The minimum absolute atomic E-state index is 0.0495. The van der Waals surface area contributed by atoms with Crippen LogP contribution in [0.5, 0.6) is 5.88 Å². The molecule has 1 unspecified atom stereocenters. The number of amides is 1. The Labute approximate surface area is 113 Å². The molecule has 2 N–H and O–H groups in total. The van der Waals surface area contributed by atoms with Crippen LogP contribution >= 0.6 is 0 Å². The van der Waals surface area contributed by atoms with Gasteiger partial charge in [-0.3, -0.25) is 4.79 Å². The number of nitrogens with one attached hydrogen (secondary N) is 2. The monoisotopic (exact) mass is 263 g/mol. The number of hydrogen-bond acceptors (Lipinski definition) is 4. The Balaban J connectivity index is 2.15. The summed E-state index contributed by atoms with van der Waals surface area (Å²) in [4.78, 5) is 16.6. The quantitative estimate of drug-likeness (QED) is 0.869. The van der Waals surface area contributed by atoms with Crippen molar-refractivity contribution in [2.75, 3.05) is 25.5 Å². The summed E-state index contributed by atoms with van der Waals surface area (Å²) < 4.78 is 5.16. The Morgan fingerprint density at radius 2 is 2.47 bits per heavy atom. The molecule has 1 atom stereocenters. The molecule has 19 heavy (non-hydrogen) atoms. The van der Waals surface area contributed by atoms with Crippen molar-refractivity contribution in [2.24, 2.45) is 5.41 Å². The average molecular weight is 263 g/mol. The van der Waals surface area contributed by atoms with E-state index in [0.717, 1.165) is 32.4 Å². The van der Waals surface area contributed by atoms with E-state index < -0.39 is 0 Å². The smallest absolute Gasteiger partial charge is 0.237 e. The molecule has 2 heterocycles. The van der Waals surface area contributed by atoms with E-state index >= 15 is 0 Å². The van der Waals surface area contributed by atoms with Crippen molar-refractivity contribution in [3.8, 4) is 5.88 Å². The van der Waals surface area contributed by atoms with E-state index in [1.807, 2.05) is 6.07 Å². The number of pyridine rings is 1. The van der Waals surface area contributed by atoms with E-state index in [-0.39, 0.29) is 11.3 Å². The number of aromatic nitrogens is 1. The minimum Gasteiger partial charge on any atom is -0.480 e. The maximum Gasteiger partial charge on any atom is 0.237 e. The molecule has 1 aromatic heterocycles. The topological polar surface area (TPSA) is 63.2 Å². The van der Waals surface area contributed by atoms with Crippen molar-refractivity contribution in [2.45, 2.75) is 26.2 Å². The zero-order valence-corrected chi connectivity index (χ0v) is 11.5. The summed E-state index contributed by atoms with van der Waals surface area (Å²) in [6, 6.07) is 3.60. The molecule has 0 aliphatic carbocycles. The molecule has 1 aliphatic heterocycles. The second-order valence-electron chi connectivity index (χ2n) is 4.93. The van der Waals surface area contributed by atoms with Gasteiger partial charge in [0.2, 0.25) is 11.8 Å². The highest BCUT2D eigenvalue weighted by Crippen LogP contribution is 2.32. The van der Waals surface area contributed by atoms with Gasteiger partial charge in [-0.1, -0.05) is 6.92 Å². The van der Waals surface area contributed by atoms with Gasteiger partial charge in [0.1, 0.15) is 5.69 Å². The van der Waals surface area contributed by atoms with Crippen molar-refractivity contribution < 1.29 is 9.53 Å². The van der Waals surface area contributed by atoms with Crippen molar-refractivity contribution in [3.05, 3.63) is 18.3 Å². The van der Waals surface area contributed by atoms with E-state index in [9.17, 15) is 4.79 Å². The second-order valence-corrected chi connectivity index (χ2v) is 4.93. The molecule has 0 saturated carbocycles. The Hall–Kier alpha value is -1.62. The van der Waals surface area contributed by atoms with Crippen LogP contribution in [0.4, 0.5) is 5.69 Å². The molecule has 104 valence electrons. The lowest BCUT2D eigenvalue weighted by molar-refractivity contribution is -0.126. The number of anilines is 1. The molecule has 5 heteroatoms. The normalized spacial score (nSPS) is 22.8. The van der Waals surface area contributed by atoms with Crippen LogP contribution in [0.1, 0.15) is 26.2 Å². The predicted molar refractivity (Wildman–Crippen MR) is 74.2 cm³/mol. The maximum atomic E-state index is 12.6. The van der Waals surface area contributed by atoms with Gasteiger partial charge in [-0.2, -0.15) is 0 Å². The maximum absolute atomic E-state index is 12.6. The molecule has 1 aliphatic rings. The van der Waals surface area contributed by atoms with Crippen molar-refractivity contribution in [1.82, 2.24) is 10.3 Å². The summed E-state index contributed by atoms with van der Waals surface area (Å²) >= 11 is 0. The molecular weight excluding hydrogens is 242 g/mol. The summed E-state index contributed by atoms with van der Waals surface area (Å²) in [5.74, 6) is 0.499. The molecule has 1 fully saturated rings. The fourth-order valence-electron chi connectivity index (χ4n) is 2.53. The first kappa shape index (κ1) is 13.8. The van der Waals surface area contributed by atoms with Gasteiger partial charge in [0.25, 0.3) is 0 Å². The number of ether oxygens (including phenoxy) is 1. The van der Waals surface area contributed by atoms with Crippen molar-refractivity contribution in [1.29, 1.82) is 0 Å². The molecule has 2 rings (SSSR count). The third-order valence-corrected chi connectivity index (χ3v) is 3.84. The molecule has 5 nitrogen and oxygen atoms in total. The minimum atomic E-state index is -0.320. The lowest BCUT2D eigenvalue weighted by atomic mass is 9.77. The first-order valence-electron chi connectivity index (χ1n) is 6.73. The van der Waals surface area contributed by atoms with Crippen LogP contribution < -0.4 is 15.4 Å². The third kappa shape index (κ3) is 2.87. The third-order valence-electron chi connectivity index (χ3n) is 3.84. The molecule has 0 aromatic carbocycles. The lowest BCUT2D eigenvalue weighted by Gasteiger charge is -2.35. The Morgan fingerprint density at radius 3 is 3.11 bits per heavy atom. The Kier molecular flexibility index (Phi) is 4.37. The largest absolute Gasteiger partial charge is 0.480 e. The van der Waals surface area contributed by atoms with E-state index in [0.29, 0.717) is 11.6 Å². The fraction of sp³-hybridized carbons (Fsp3) is 0.571. The molecule has 1 aromatic rings. The van der Waals surface area contributed by atoms with Crippen LogP contribution in [0, 0.1) is 5.41 Å². The Bertz CT molecular complexity index is 442. The summed E-state index contributed by atoms with van der Waals surface area (Å²) in [6.07, 6.45) is 4.43. The van der Waals surface area contributed by atoms with Gasteiger partial charge in [-0.25, -0.2) is 4.98 Å². The number of hydrogen-bond donors (Lipinski definition) is 2. The predicted octanol–water partition coefficient (Wildman–Crippen LogP) is 1.81. The fourth-order valence-corrected chi connectivity index (χ4v) is 2.53. The zero-order chi connectivity index (χ0) is 13.7. The summed E-state index contributed by atoms with van der Waals surface area (Å²) in [5.41, 5.74) is 0.312. The van der Waals surface area contributed by atoms with Gasteiger partial charge >= 0.3 is 0 Å². The first-order valence-corrected chi connectivity index (χ1v) is 6.73. The molecule has 0 spiro atoms. The van der Waals surface area contributed by atoms with E-state index in [1.54, 1.807) is 19.4 Å². The summed E-state index contributed by atoms with van der Waals surface area (Å²) in [5, 5.41) is 6.27. The van der Waals surface area contributed by atoms with Gasteiger partial charge in [-0.05, 0) is 37.9 Å². The summed E-state index contributed by atoms with van der Waals surface area (Å²) in [6.45, 7) is 3.79. The number of rotatable bonds is 4. The van der Waals surface area contributed by atoms with E-state index in [2.05, 4.69) is 22.5 Å². The van der Waals surface area contributed by atoms with Crippen molar-refractivity contribution in [3.63, 3.8) is 0 Å². The molecule has 1 amide bonds. The Morgan fingerprint density at radius 1 is 1.63 bits per heavy atom. The summed E-state index contributed by atoms with van der Waals surface area (Å²) in [7, 11) is 1.55. The number of carbonyl (C=O) groups excluding carboxylic acids is 1. The standard InChI is InChI=1S/C14H21N3O2/c1-3-14(7-5-8-15-10-14)13(18)17-11-6-4-9-16-12(11)19-2/h4,6,9,15H,3,5,7-8,10H2,1-2H3,(H,17,18). The lowest BCUT2D eigenvalue weighted by Crippen LogP contribution is -2.47. The highest BCUT2D eigenvalue weighted by Gasteiger charge is 2.38. The van der Waals surface area contributed by atoms with Gasteiger partial charge in [0, 0.05) is 12.7 Å².